The molecule has 1 saturated heterocycles. The fourth-order valence-corrected chi connectivity index (χ4v) is 5.03. The van der Waals surface area contributed by atoms with E-state index in [2.05, 4.69) is 20.6 Å². The zero-order chi connectivity index (χ0) is 17.0. The minimum absolute atomic E-state index is 0.0109. The van der Waals surface area contributed by atoms with Crippen molar-refractivity contribution in [2.24, 2.45) is 0 Å². The molecule has 24 heavy (non-hydrogen) atoms. The third-order valence-corrected chi connectivity index (χ3v) is 6.44. The molecule has 1 unspecified atom stereocenters. The molecule has 0 aromatic carbocycles. The summed E-state index contributed by atoms with van der Waals surface area (Å²) < 4.78 is 23.0. The summed E-state index contributed by atoms with van der Waals surface area (Å²) in [6.07, 6.45) is 9.06. The maximum absolute atomic E-state index is 12.3. The molecule has 3 rings (SSSR count). The largest absolute Gasteiger partial charge is 0.367 e. The van der Waals surface area contributed by atoms with Gasteiger partial charge in [0.05, 0.1) is 11.5 Å². The Bertz CT molecular complexity index is 684. The third kappa shape index (κ3) is 4.66. The summed E-state index contributed by atoms with van der Waals surface area (Å²) in [7, 11) is -3.01. The molecule has 2 N–H and O–H groups in total. The van der Waals surface area contributed by atoms with E-state index >= 15 is 0 Å². The van der Waals surface area contributed by atoms with Gasteiger partial charge in [-0.3, -0.25) is 4.79 Å². The van der Waals surface area contributed by atoms with Crippen molar-refractivity contribution in [2.45, 2.75) is 57.0 Å². The normalized spacial score (nSPS) is 24.2. The van der Waals surface area contributed by atoms with Gasteiger partial charge in [0, 0.05) is 18.2 Å². The van der Waals surface area contributed by atoms with Crippen molar-refractivity contribution in [1.29, 1.82) is 0 Å². The summed E-state index contributed by atoms with van der Waals surface area (Å²) in [4.78, 5) is 20.5. The highest BCUT2D eigenvalue weighted by Crippen LogP contribution is 2.20. The van der Waals surface area contributed by atoms with E-state index in [1.807, 2.05) is 0 Å². The fourth-order valence-electron chi connectivity index (χ4n) is 3.36. The highest BCUT2D eigenvalue weighted by Gasteiger charge is 2.29. The van der Waals surface area contributed by atoms with Crippen molar-refractivity contribution in [3.63, 3.8) is 0 Å². The highest BCUT2D eigenvalue weighted by molar-refractivity contribution is 7.91. The molecule has 1 aromatic rings. The molecule has 0 spiro atoms. The van der Waals surface area contributed by atoms with Crippen LogP contribution in [0.25, 0.3) is 0 Å². The van der Waals surface area contributed by atoms with Gasteiger partial charge in [0.25, 0.3) is 5.91 Å². The van der Waals surface area contributed by atoms with Crippen LogP contribution in [0.3, 0.4) is 0 Å². The number of amides is 1. The van der Waals surface area contributed by atoms with E-state index in [-0.39, 0.29) is 29.1 Å². The Hall–Kier alpha value is -1.70. The van der Waals surface area contributed by atoms with Gasteiger partial charge in [0.1, 0.15) is 17.8 Å². The van der Waals surface area contributed by atoms with Gasteiger partial charge < -0.3 is 10.6 Å². The number of carbonyl (C=O) groups is 1. The van der Waals surface area contributed by atoms with Crippen LogP contribution in [0.15, 0.2) is 12.4 Å². The van der Waals surface area contributed by atoms with Crippen LogP contribution in [0, 0.1) is 0 Å². The molecule has 1 aliphatic carbocycles. The topological polar surface area (TPSA) is 101 Å². The Labute approximate surface area is 142 Å². The molecule has 7 nitrogen and oxygen atoms in total. The number of nitrogens with zero attached hydrogens (tertiary/aromatic N) is 2. The maximum Gasteiger partial charge on any atom is 0.270 e. The molecule has 1 aliphatic heterocycles. The first kappa shape index (κ1) is 17.1. The van der Waals surface area contributed by atoms with Gasteiger partial charge in [-0.15, -0.1) is 0 Å². The predicted molar refractivity (Wildman–Crippen MR) is 91.7 cm³/mol. The van der Waals surface area contributed by atoms with Crippen LogP contribution in [0.2, 0.25) is 0 Å². The van der Waals surface area contributed by atoms with E-state index in [1.165, 1.54) is 32.0 Å². The second-order valence-corrected chi connectivity index (χ2v) is 8.92. The lowest BCUT2D eigenvalue weighted by molar-refractivity contribution is 0.0936. The molecule has 0 bridgehead atoms. The molecule has 0 radical (unpaired) electrons. The van der Waals surface area contributed by atoms with E-state index in [0.717, 1.165) is 12.8 Å². The van der Waals surface area contributed by atoms with Crippen molar-refractivity contribution in [3.05, 3.63) is 18.1 Å². The van der Waals surface area contributed by atoms with Crippen LogP contribution >= 0.6 is 0 Å². The van der Waals surface area contributed by atoms with Crippen molar-refractivity contribution in [3.8, 4) is 0 Å². The minimum Gasteiger partial charge on any atom is -0.367 e. The lowest BCUT2D eigenvalue weighted by atomic mass is 10.1. The van der Waals surface area contributed by atoms with Gasteiger partial charge in [-0.25, -0.2) is 18.4 Å². The number of hydrogen-bond acceptors (Lipinski definition) is 6. The van der Waals surface area contributed by atoms with Crippen molar-refractivity contribution >= 4 is 21.6 Å². The van der Waals surface area contributed by atoms with Crippen LogP contribution in [-0.4, -0.2) is 47.9 Å². The average molecular weight is 352 g/mol. The minimum atomic E-state index is -3.01. The summed E-state index contributed by atoms with van der Waals surface area (Å²) in [6, 6.07) is 1.71. The first-order chi connectivity index (χ1) is 11.5. The molecule has 1 amide bonds. The molecule has 1 atom stereocenters. The number of carbonyl (C=O) groups excluding carboxylic acids is 1. The molecule has 2 heterocycles. The van der Waals surface area contributed by atoms with E-state index < -0.39 is 9.84 Å². The number of hydrogen-bond donors (Lipinski definition) is 2. The number of anilines is 1. The van der Waals surface area contributed by atoms with E-state index in [4.69, 9.17) is 0 Å². The van der Waals surface area contributed by atoms with Crippen LogP contribution < -0.4 is 10.6 Å². The Balaban J connectivity index is 1.60. The first-order valence-corrected chi connectivity index (χ1v) is 10.4. The predicted octanol–water partition coefficient (Wildman–Crippen LogP) is 1.53. The monoisotopic (exact) mass is 352 g/mol. The zero-order valence-corrected chi connectivity index (χ0v) is 14.5. The fraction of sp³-hybridized carbons (Fsp3) is 0.688. The summed E-state index contributed by atoms with van der Waals surface area (Å²) in [5.41, 5.74) is 0.269. The lowest BCUT2D eigenvalue weighted by Gasteiger charge is -2.17. The van der Waals surface area contributed by atoms with Crippen LogP contribution in [0.1, 0.15) is 55.4 Å². The van der Waals surface area contributed by atoms with Crippen LogP contribution in [-0.2, 0) is 9.84 Å². The second kappa shape index (κ2) is 7.46. The Morgan fingerprint density at radius 2 is 1.79 bits per heavy atom. The summed E-state index contributed by atoms with van der Waals surface area (Å²) in [5, 5.41) is 6.15. The number of rotatable bonds is 4. The van der Waals surface area contributed by atoms with E-state index in [9.17, 15) is 13.2 Å². The van der Waals surface area contributed by atoms with E-state index in [0.29, 0.717) is 18.3 Å². The van der Waals surface area contributed by atoms with E-state index in [1.54, 1.807) is 6.07 Å². The molecular formula is C16H24N4O3S. The van der Waals surface area contributed by atoms with Gasteiger partial charge in [-0.1, -0.05) is 25.7 Å². The van der Waals surface area contributed by atoms with Crippen LogP contribution in [0.5, 0.6) is 0 Å². The summed E-state index contributed by atoms with van der Waals surface area (Å²) >= 11 is 0. The zero-order valence-electron chi connectivity index (χ0n) is 13.7. The SMILES string of the molecule is O=C(NC1CCS(=O)(=O)C1)c1cc(NC2CCCCCC2)ncn1. The second-order valence-electron chi connectivity index (χ2n) is 6.69. The average Bonchev–Trinajstić information content (AvgIpc) is 2.75. The standard InChI is InChI=1S/C16H24N4O3S/c21-16(20-13-7-8-24(22,23)10-13)14-9-15(18-11-17-14)19-12-5-3-1-2-4-6-12/h9,11-13H,1-8,10H2,(H,20,21)(H,17,18,19). The van der Waals surface area contributed by atoms with Crippen molar-refractivity contribution < 1.29 is 13.2 Å². The number of sulfone groups is 1. The van der Waals surface area contributed by atoms with Gasteiger partial charge in [-0.05, 0) is 19.3 Å². The molecule has 2 fully saturated rings. The lowest BCUT2D eigenvalue weighted by Crippen LogP contribution is -2.36. The van der Waals surface area contributed by atoms with Gasteiger partial charge in [0.2, 0.25) is 0 Å². The number of aromatic nitrogens is 2. The van der Waals surface area contributed by atoms with Crippen molar-refractivity contribution in [1.82, 2.24) is 15.3 Å². The Kier molecular flexibility index (Phi) is 5.33. The van der Waals surface area contributed by atoms with Gasteiger partial charge in [-0.2, -0.15) is 0 Å². The van der Waals surface area contributed by atoms with Gasteiger partial charge >= 0.3 is 0 Å². The molecule has 132 valence electrons. The van der Waals surface area contributed by atoms with Crippen LogP contribution in [0.4, 0.5) is 5.82 Å². The highest BCUT2D eigenvalue weighted by atomic mass is 32.2. The van der Waals surface area contributed by atoms with Gasteiger partial charge in [0.15, 0.2) is 9.84 Å². The molecule has 1 aromatic heterocycles. The molecule has 1 saturated carbocycles. The Morgan fingerprint density at radius 1 is 1.04 bits per heavy atom. The first-order valence-electron chi connectivity index (χ1n) is 8.62. The Morgan fingerprint density at radius 3 is 2.46 bits per heavy atom. The maximum atomic E-state index is 12.3. The van der Waals surface area contributed by atoms with Crippen molar-refractivity contribution in [2.75, 3.05) is 16.8 Å². The summed E-state index contributed by atoms with van der Waals surface area (Å²) in [5.74, 6) is 0.456. The molecule has 2 aliphatic rings. The molecular weight excluding hydrogens is 328 g/mol. The summed E-state index contributed by atoms with van der Waals surface area (Å²) in [6.45, 7) is 0. The number of nitrogens with one attached hydrogen (secondary N) is 2. The third-order valence-electron chi connectivity index (χ3n) is 4.67. The molecule has 8 heteroatoms. The quantitative estimate of drug-likeness (QED) is 0.797. The smallest absolute Gasteiger partial charge is 0.270 e.